The summed E-state index contributed by atoms with van der Waals surface area (Å²) in [6, 6.07) is 10.9. The Labute approximate surface area is 203 Å². The number of aliphatic hydroxyl groups excluding tert-OH is 1. The van der Waals surface area contributed by atoms with Crippen molar-refractivity contribution in [1.29, 1.82) is 0 Å². The van der Waals surface area contributed by atoms with Gasteiger partial charge < -0.3 is 28.9 Å². The Kier molecular flexibility index (Phi) is 8.22. The molecule has 4 rings (SSSR count). The number of hydrogen-bond donors (Lipinski definition) is 2. The number of aliphatic hydroxyl groups is 1. The van der Waals surface area contributed by atoms with Crippen LogP contribution in [0.1, 0.15) is 36.6 Å². The van der Waals surface area contributed by atoms with E-state index >= 15 is 0 Å². The molecule has 0 spiro atoms. The first-order chi connectivity index (χ1) is 16.4. The lowest BCUT2D eigenvalue weighted by molar-refractivity contribution is -0.115. The van der Waals surface area contributed by atoms with Crippen LogP contribution in [-0.2, 0) is 31.0 Å². The van der Waals surface area contributed by atoms with Crippen LogP contribution in [0.5, 0.6) is 11.5 Å². The zero-order chi connectivity index (χ0) is 24.1. The van der Waals surface area contributed by atoms with E-state index in [0.29, 0.717) is 55.8 Å². The first-order valence-electron chi connectivity index (χ1n) is 11.4. The molecule has 0 aromatic heterocycles. The Morgan fingerprint density at radius 3 is 2.41 bits per heavy atom. The zero-order valence-corrected chi connectivity index (χ0v) is 21.0. The molecule has 34 heavy (non-hydrogen) atoms. The van der Waals surface area contributed by atoms with Crippen molar-refractivity contribution < 1.29 is 33.0 Å². The van der Waals surface area contributed by atoms with E-state index in [4.69, 9.17) is 18.5 Å². The van der Waals surface area contributed by atoms with E-state index in [1.165, 1.54) is 11.8 Å². The number of ether oxygens (including phenoxy) is 2. The third-order valence-electron chi connectivity index (χ3n) is 5.57. The third kappa shape index (κ3) is 5.96. The Balaban J connectivity index is 1.43. The molecule has 2 aliphatic rings. The number of hydrogen-bond acceptors (Lipinski definition) is 8. The number of amides is 1. The quantitative estimate of drug-likeness (QED) is 0.502. The summed E-state index contributed by atoms with van der Waals surface area (Å²) >= 11 is 1.43. The SMILES string of the molecule is CCOP(=O)(Cc1ccc(NC(=O)C2Cc3cc4c(cc3C(O)CS2)OCCO4)cc1)OCC. The van der Waals surface area contributed by atoms with Crippen LogP contribution >= 0.6 is 19.4 Å². The smallest absolute Gasteiger partial charge is 0.335 e. The van der Waals surface area contributed by atoms with E-state index < -0.39 is 13.7 Å². The highest BCUT2D eigenvalue weighted by atomic mass is 32.2. The van der Waals surface area contributed by atoms with Crippen molar-refractivity contribution in [2.24, 2.45) is 0 Å². The van der Waals surface area contributed by atoms with E-state index in [9.17, 15) is 14.5 Å². The molecular weight excluding hydrogens is 477 g/mol. The molecule has 2 aliphatic heterocycles. The summed E-state index contributed by atoms with van der Waals surface area (Å²) in [7, 11) is -3.19. The molecule has 2 atom stereocenters. The zero-order valence-electron chi connectivity index (χ0n) is 19.3. The van der Waals surface area contributed by atoms with E-state index in [2.05, 4.69) is 5.32 Å². The molecule has 0 fully saturated rings. The van der Waals surface area contributed by atoms with Gasteiger partial charge in [-0.1, -0.05) is 12.1 Å². The van der Waals surface area contributed by atoms with E-state index in [-0.39, 0.29) is 17.3 Å². The first-order valence-corrected chi connectivity index (χ1v) is 14.2. The summed E-state index contributed by atoms with van der Waals surface area (Å²) < 4.78 is 34.8. The third-order valence-corrected chi connectivity index (χ3v) is 8.91. The molecule has 2 aromatic rings. The summed E-state index contributed by atoms with van der Waals surface area (Å²) in [5, 5.41) is 13.2. The van der Waals surface area contributed by atoms with Crippen LogP contribution in [0.4, 0.5) is 5.69 Å². The second-order valence-corrected chi connectivity index (χ2v) is 11.3. The number of fused-ring (bicyclic) bond motifs is 2. The largest absolute Gasteiger partial charge is 0.486 e. The topological polar surface area (TPSA) is 103 Å². The lowest BCUT2D eigenvalue weighted by atomic mass is 9.98. The monoisotopic (exact) mass is 507 g/mol. The number of carbonyl (C=O) groups is 1. The highest BCUT2D eigenvalue weighted by Gasteiger charge is 2.30. The molecule has 1 amide bonds. The van der Waals surface area contributed by atoms with Gasteiger partial charge in [0.1, 0.15) is 13.2 Å². The van der Waals surface area contributed by atoms with E-state index in [0.717, 1.165) is 16.7 Å². The molecule has 2 aromatic carbocycles. The van der Waals surface area contributed by atoms with Gasteiger partial charge in [-0.15, -0.1) is 11.8 Å². The number of nitrogens with one attached hydrogen (secondary N) is 1. The Bertz CT molecular complexity index is 1050. The molecule has 0 bridgehead atoms. The van der Waals surface area contributed by atoms with Crippen molar-refractivity contribution in [1.82, 2.24) is 0 Å². The summed E-state index contributed by atoms with van der Waals surface area (Å²) in [6.07, 6.45) is -0.0327. The van der Waals surface area contributed by atoms with Gasteiger partial charge in [0.25, 0.3) is 0 Å². The lowest BCUT2D eigenvalue weighted by Gasteiger charge is -2.22. The van der Waals surface area contributed by atoms with Crippen LogP contribution in [0.15, 0.2) is 36.4 Å². The Morgan fingerprint density at radius 1 is 1.12 bits per heavy atom. The van der Waals surface area contributed by atoms with Crippen LogP contribution in [0.25, 0.3) is 0 Å². The minimum absolute atomic E-state index is 0.137. The van der Waals surface area contributed by atoms with Crippen molar-refractivity contribution in [3.05, 3.63) is 53.1 Å². The average Bonchev–Trinajstić information content (AvgIpc) is 2.98. The highest BCUT2D eigenvalue weighted by Crippen LogP contribution is 2.51. The van der Waals surface area contributed by atoms with Crippen molar-refractivity contribution in [3.8, 4) is 11.5 Å². The standard InChI is InChI=1S/C24H30NO7PS/c1-3-31-33(28,32-4-2)14-16-5-7-18(8-6-16)25-24(27)23-12-17-11-21-22(30-10-9-29-21)13-19(17)20(26)15-34-23/h5-8,11,13,20,23,26H,3-4,9-10,12,14-15H2,1-2H3,(H,25,27). The van der Waals surface area contributed by atoms with Gasteiger partial charge >= 0.3 is 7.60 Å². The van der Waals surface area contributed by atoms with Gasteiger partial charge in [0.05, 0.1) is 30.7 Å². The fraction of sp³-hybridized carbons (Fsp3) is 0.458. The molecule has 0 aliphatic carbocycles. The van der Waals surface area contributed by atoms with Gasteiger partial charge in [-0.05, 0) is 61.2 Å². The normalized spacial score (nSPS) is 19.7. The second kappa shape index (κ2) is 11.1. The fourth-order valence-corrected chi connectivity index (χ4v) is 6.82. The van der Waals surface area contributed by atoms with Gasteiger partial charge in [-0.3, -0.25) is 9.36 Å². The molecular formula is C24H30NO7PS. The summed E-state index contributed by atoms with van der Waals surface area (Å²) in [5.41, 5.74) is 3.12. The fourth-order valence-electron chi connectivity index (χ4n) is 4.02. The lowest BCUT2D eigenvalue weighted by Crippen LogP contribution is -2.27. The van der Waals surface area contributed by atoms with Crippen LogP contribution in [0.2, 0.25) is 0 Å². The number of benzene rings is 2. The number of rotatable bonds is 8. The Morgan fingerprint density at radius 2 is 1.76 bits per heavy atom. The molecule has 184 valence electrons. The summed E-state index contributed by atoms with van der Waals surface area (Å²) in [6.45, 7) is 5.14. The van der Waals surface area contributed by atoms with E-state index in [1.54, 1.807) is 26.0 Å². The first kappa shape index (κ1) is 25.1. The Hall–Kier alpha value is -2.03. The van der Waals surface area contributed by atoms with Gasteiger partial charge in [-0.25, -0.2) is 0 Å². The maximum absolute atomic E-state index is 13.1. The van der Waals surface area contributed by atoms with Crippen LogP contribution in [-0.4, -0.2) is 48.4 Å². The molecule has 8 nitrogen and oxygen atoms in total. The number of thioether (sulfide) groups is 1. The molecule has 10 heteroatoms. The molecule has 0 saturated carbocycles. The number of carbonyl (C=O) groups excluding carboxylic acids is 1. The molecule has 0 radical (unpaired) electrons. The van der Waals surface area contributed by atoms with Crippen molar-refractivity contribution in [2.45, 2.75) is 37.8 Å². The molecule has 2 unspecified atom stereocenters. The summed E-state index contributed by atoms with van der Waals surface area (Å²) in [4.78, 5) is 13.1. The predicted molar refractivity (Wildman–Crippen MR) is 132 cm³/mol. The van der Waals surface area contributed by atoms with E-state index in [1.807, 2.05) is 24.3 Å². The van der Waals surface area contributed by atoms with Crippen molar-refractivity contribution >= 4 is 31.0 Å². The van der Waals surface area contributed by atoms with Gasteiger partial charge in [0.2, 0.25) is 5.91 Å². The predicted octanol–water partition coefficient (Wildman–Crippen LogP) is 4.55. The minimum Gasteiger partial charge on any atom is -0.486 e. The number of anilines is 1. The molecule has 2 N–H and O–H groups in total. The maximum atomic E-state index is 13.1. The van der Waals surface area contributed by atoms with Gasteiger partial charge in [0, 0.05) is 11.4 Å². The maximum Gasteiger partial charge on any atom is 0.335 e. The summed E-state index contributed by atoms with van der Waals surface area (Å²) in [5.74, 6) is 1.56. The van der Waals surface area contributed by atoms with Crippen LogP contribution in [0, 0.1) is 0 Å². The van der Waals surface area contributed by atoms with Gasteiger partial charge in [-0.2, -0.15) is 0 Å². The highest BCUT2D eigenvalue weighted by molar-refractivity contribution is 8.00. The molecule has 0 saturated heterocycles. The van der Waals surface area contributed by atoms with Crippen molar-refractivity contribution in [3.63, 3.8) is 0 Å². The minimum atomic E-state index is -3.19. The van der Waals surface area contributed by atoms with Crippen LogP contribution in [0.3, 0.4) is 0 Å². The van der Waals surface area contributed by atoms with Crippen molar-refractivity contribution in [2.75, 3.05) is 37.5 Å². The van der Waals surface area contributed by atoms with Gasteiger partial charge in [0.15, 0.2) is 11.5 Å². The average molecular weight is 508 g/mol. The second-order valence-electron chi connectivity index (χ2n) is 8.03. The van der Waals surface area contributed by atoms with Crippen LogP contribution < -0.4 is 14.8 Å². The molecule has 2 heterocycles.